The molecule has 3 aliphatic rings. The maximum absolute atomic E-state index is 13.8. The highest BCUT2D eigenvalue weighted by Gasteiger charge is 2.47. The van der Waals surface area contributed by atoms with Crippen LogP contribution in [0.15, 0.2) is 24.3 Å². The van der Waals surface area contributed by atoms with E-state index < -0.39 is 23.8 Å². The van der Waals surface area contributed by atoms with Crippen molar-refractivity contribution >= 4 is 12.0 Å². The lowest BCUT2D eigenvalue weighted by molar-refractivity contribution is -0.138. The van der Waals surface area contributed by atoms with Crippen molar-refractivity contribution < 1.29 is 19.1 Å². The molecule has 0 N–H and O–H groups in total. The zero-order valence-corrected chi connectivity index (χ0v) is 20.5. The molecule has 2 aliphatic heterocycles. The van der Waals surface area contributed by atoms with Gasteiger partial charge in [-0.15, -0.1) is 0 Å². The molecule has 8 heteroatoms. The van der Waals surface area contributed by atoms with Gasteiger partial charge in [0.15, 0.2) is 6.04 Å². The first kappa shape index (κ1) is 24.3. The predicted octanol–water partition coefficient (Wildman–Crippen LogP) is 3.40. The summed E-state index contributed by atoms with van der Waals surface area (Å²) in [6, 6.07) is 8.87. The van der Waals surface area contributed by atoms with Gasteiger partial charge in [0.1, 0.15) is 17.5 Å². The number of benzene rings is 1. The third-order valence-corrected chi connectivity index (χ3v) is 6.93. The van der Waals surface area contributed by atoms with Crippen molar-refractivity contribution in [2.24, 2.45) is 0 Å². The van der Waals surface area contributed by atoms with Crippen LogP contribution in [0.3, 0.4) is 0 Å². The molecule has 3 fully saturated rings. The van der Waals surface area contributed by atoms with E-state index in [1.54, 1.807) is 24.3 Å². The highest BCUT2D eigenvalue weighted by Crippen LogP contribution is 2.29. The van der Waals surface area contributed by atoms with E-state index in [1.807, 2.05) is 25.7 Å². The maximum atomic E-state index is 13.8. The molecule has 1 saturated carbocycles. The van der Waals surface area contributed by atoms with Gasteiger partial charge in [0.05, 0.1) is 11.6 Å². The Bertz CT molecular complexity index is 916. The van der Waals surface area contributed by atoms with Crippen molar-refractivity contribution in [2.75, 3.05) is 32.7 Å². The molecule has 8 nitrogen and oxygen atoms in total. The van der Waals surface area contributed by atoms with Crippen LogP contribution < -0.4 is 4.74 Å². The number of hydrogen-bond acceptors (Lipinski definition) is 6. The van der Waals surface area contributed by atoms with Crippen LogP contribution in [0.2, 0.25) is 0 Å². The smallest absolute Gasteiger partial charge is 0.411 e. The van der Waals surface area contributed by atoms with Gasteiger partial charge in [0.2, 0.25) is 5.91 Å². The van der Waals surface area contributed by atoms with Crippen molar-refractivity contribution in [3.05, 3.63) is 29.8 Å². The minimum atomic E-state index is -0.735. The number of likely N-dealkylation sites (tertiary alicyclic amines) is 1. The van der Waals surface area contributed by atoms with Crippen LogP contribution >= 0.6 is 0 Å². The van der Waals surface area contributed by atoms with Crippen LogP contribution in [-0.2, 0) is 9.53 Å². The van der Waals surface area contributed by atoms with Gasteiger partial charge in [-0.3, -0.25) is 14.6 Å². The summed E-state index contributed by atoms with van der Waals surface area (Å²) in [5, 5.41) is 9.05. The van der Waals surface area contributed by atoms with Crippen LogP contribution in [-0.4, -0.2) is 83.2 Å². The summed E-state index contributed by atoms with van der Waals surface area (Å²) < 4.78 is 11.8. The fourth-order valence-corrected chi connectivity index (χ4v) is 4.95. The van der Waals surface area contributed by atoms with Crippen LogP contribution in [0.4, 0.5) is 4.79 Å². The quantitative estimate of drug-likeness (QED) is 0.673. The number of nitrogens with zero attached hydrogens (tertiary/aromatic N) is 4. The number of nitriles is 1. The van der Waals surface area contributed by atoms with Crippen LogP contribution in [0.25, 0.3) is 0 Å². The summed E-state index contributed by atoms with van der Waals surface area (Å²) in [5.74, 6) is 0.511. The molecule has 184 valence electrons. The number of carbonyl (C=O) groups is 2. The third-order valence-electron chi connectivity index (χ3n) is 6.93. The van der Waals surface area contributed by atoms with E-state index in [2.05, 4.69) is 11.0 Å². The summed E-state index contributed by atoms with van der Waals surface area (Å²) in [7, 11) is 0. The molecule has 2 heterocycles. The Balaban J connectivity index is 1.51. The molecular formula is C26H36N4O4. The predicted molar refractivity (Wildman–Crippen MR) is 127 cm³/mol. The van der Waals surface area contributed by atoms with Crippen molar-refractivity contribution in [1.82, 2.24) is 14.7 Å². The number of rotatable bonds is 4. The molecular weight excluding hydrogens is 432 g/mol. The highest BCUT2D eigenvalue weighted by molar-refractivity contribution is 5.87. The number of hydrogen-bond donors (Lipinski definition) is 0. The molecule has 4 rings (SSSR count). The fourth-order valence-electron chi connectivity index (χ4n) is 4.95. The van der Waals surface area contributed by atoms with Gasteiger partial charge in [-0.25, -0.2) is 4.79 Å². The largest absolute Gasteiger partial charge is 0.488 e. The molecule has 1 aromatic carbocycles. The summed E-state index contributed by atoms with van der Waals surface area (Å²) in [5.41, 5.74) is -0.106. The Kier molecular flexibility index (Phi) is 7.32. The van der Waals surface area contributed by atoms with Gasteiger partial charge < -0.3 is 14.4 Å². The standard InChI is InChI=1S/C26H36N4O4/c1-26(2,3)34-25(32)30-15-12-22(33-21-10-8-19(18-27)9-11-21)23(30)24(31)29-14-5-13-28(16-17-29)20-6-4-7-20/h8-11,20,22-23H,4-7,12-17H2,1-3H3/t22-,23+/m1/s1. The molecule has 1 aliphatic carbocycles. The van der Waals surface area contributed by atoms with Crippen molar-refractivity contribution in [3.63, 3.8) is 0 Å². The van der Waals surface area contributed by atoms with Gasteiger partial charge in [-0.2, -0.15) is 5.26 Å². The molecule has 0 unspecified atom stereocenters. The maximum Gasteiger partial charge on any atom is 0.411 e. The Labute approximate surface area is 202 Å². The molecule has 0 spiro atoms. The van der Waals surface area contributed by atoms with Crippen LogP contribution in [0.1, 0.15) is 58.4 Å². The van der Waals surface area contributed by atoms with E-state index >= 15 is 0 Å². The minimum Gasteiger partial charge on any atom is -0.488 e. The lowest BCUT2D eigenvalue weighted by Crippen LogP contribution is -2.54. The Hall–Kier alpha value is -2.79. The lowest BCUT2D eigenvalue weighted by atomic mass is 9.91. The fraction of sp³-hybridized carbons (Fsp3) is 0.654. The second-order valence-electron chi connectivity index (χ2n) is 10.5. The van der Waals surface area contributed by atoms with E-state index in [9.17, 15) is 9.59 Å². The lowest BCUT2D eigenvalue weighted by Gasteiger charge is -2.37. The van der Waals surface area contributed by atoms with Gasteiger partial charge in [-0.05, 0) is 64.3 Å². The first-order valence-corrected chi connectivity index (χ1v) is 12.4. The molecule has 0 bridgehead atoms. The zero-order valence-electron chi connectivity index (χ0n) is 20.5. The normalized spacial score (nSPS) is 24.2. The van der Waals surface area contributed by atoms with Crippen LogP contribution in [0, 0.1) is 11.3 Å². The van der Waals surface area contributed by atoms with Crippen molar-refractivity contribution in [1.29, 1.82) is 5.26 Å². The second-order valence-corrected chi connectivity index (χ2v) is 10.5. The summed E-state index contributed by atoms with van der Waals surface area (Å²) in [6.07, 6.45) is 4.32. The summed E-state index contributed by atoms with van der Waals surface area (Å²) in [4.78, 5) is 32.8. The zero-order chi connectivity index (χ0) is 24.3. The van der Waals surface area contributed by atoms with Gasteiger partial charge in [-0.1, -0.05) is 6.42 Å². The van der Waals surface area contributed by atoms with Gasteiger partial charge in [0, 0.05) is 45.2 Å². The molecule has 2 atom stereocenters. The molecule has 1 aromatic rings. The molecule has 2 amide bonds. The SMILES string of the molecule is CC(C)(C)OC(=O)N1CC[C@@H](Oc2ccc(C#N)cc2)[C@H]1C(=O)N1CCCN(C2CCC2)CC1. The number of ether oxygens (including phenoxy) is 2. The minimum absolute atomic E-state index is 0.0718. The molecule has 0 radical (unpaired) electrons. The highest BCUT2D eigenvalue weighted by atomic mass is 16.6. The average Bonchev–Trinajstić information content (AvgIpc) is 3.02. The molecule has 34 heavy (non-hydrogen) atoms. The third kappa shape index (κ3) is 5.64. The average molecular weight is 469 g/mol. The monoisotopic (exact) mass is 468 g/mol. The van der Waals surface area contributed by atoms with E-state index in [0.29, 0.717) is 43.4 Å². The van der Waals surface area contributed by atoms with Crippen molar-refractivity contribution in [2.45, 2.75) is 76.7 Å². The summed E-state index contributed by atoms with van der Waals surface area (Å²) in [6.45, 7) is 9.11. The van der Waals surface area contributed by atoms with E-state index in [1.165, 1.54) is 24.2 Å². The van der Waals surface area contributed by atoms with Gasteiger partial charge >= 0.3 is 6.09 Å². The second kappa shape index (κ2) is 10.2. The first-order chi connectivity index (χ1) is 16.2. The number of amides is 2. The van der Waals surface area contributed by atoms with Crippen molar-refractivity contribution in [3.8, 4) is 11.8 Å². The van der Waals surface area contributed by atoms with Crippen LogP contribution in [0.5, 0.6) is 5.75 Å². The molecule has 0 aromatic heterocycles. The Morgan fingerprint density at radius 3 is 2.32 bits per heavy atom. The van der Waals surface area contributed by atoms with E-state index in [-0.39, 0.29) is 5.91 Å². The Morgan fingerprint density at radius 2 is 1.71 bits per heavy atom. The Morgan fingerprint density at radius 1 is 0.971 bits per heavy atom. The van der Waals surface area contributed by atoms with E-state index in [0.717, 1.165) is 19.5 Å². The summed E-state index contributed by atoms with van der Waals surface area (Å²) >= 11 is 0. The van der Waals surface area contributed by atoms with Gasteiger partial charge in [0.25, 0.3) is 0 Å². The first-order valence-electron chi connectivity index (χ1n) is 12.4. The molecule has 2 saturated heterocycles. The van der Waals surface area contributed by atoms with E-state index in [4.69, 9.17) is 14.7 Å². The number of carbonyl (C=O) groups excluding carboxylic acids is 2. The topological polar surface area (TPSA) is 86.1 Å².